The molecule has 3 aromatic rings. The van der Waals surface area contributed by atoms with Crippen LogP contribution in [-0.4, -0.2) is 23.6 Å². The standard InChI is InChI=1S/C20H21FN4O/c1-26-18-8-4-15(5-9-18)10-12-22-19-11-13-23-20(25-19)24-14-16-2-6-17(21)7-3-16/h2-9,11,13H,10,12,14H2,1H3,(H2,22,23,24,25). The van der Waals surface area contributed by atoms with E-state index in [1.165, 1.54) is 17.7 Å². The van der Waals surface area contributed by atoms with Crippen molar-refractivity contribution >= 4 is 11.8 Å². The summed E-state index contributed by atoms with van der Waals surface area (Å²) in [5.41, 5.74) is 2.19. The average molecular weight is 352 g/mol. The van der Waals surface area contributed by atoms with Gasteiger partial charge in [0, 0.05) is 19.3 Å². The second kappa shape index (κ2) is 8.80. The Morgan fingerprint density at radius 2 is 1.65 bits per heavy atom. The number of methoxy groups -OCH3 is 1. The number of hydrogen-bond donors (Lipinski definition) is 2. The lowest BCUT2D eigenvalue weighted by Crippen LogP contribution is -2.09. The summed E-state index contributed by atoms with van der Waals surface area (Å²) in [6, 6.07) is 16.2. The first-order valence-electron chi connectivity index (χ1n) is 8.41. The van der Waals surface area contributed by atoms with Crippen LogP contribution in [0.1, 0.15) is 11.1 Å². The summed E-state index contributed by atoms with van der Waals surface area (Å²) in [6.07, 6.45) is 2.59. The Labute approximate surface area is 152 Å². The molecule has 0 saturated carbocycles. The second-order valence-electron chi connectivity index (χ2n) is 5.77. The van der Waals surface area contributed by atoms with Gasteiger partial charge in [0.2, 0.25) is 5.95 Å². The van der Waals surface area contributed by atoms with Gasteiger partial charge in [0.1, 0.15) is 17.4 Å². The topological polar surface area (TPSA) is 59.1 Å². The molecule has 3 rings (SSSR count). The zero-order valence-electron chi connectivity index (χ0n) is 14.6. The molecule has 0 fully saturated rings. The van der Waals surface area contributed by atoms with E-state index in [1.807, 2.05) is 18.2 Å². The van der Waals surface area contributed by atoms with E-state index in [2.05, 4.69) is 32.7 Å². The van der Waals surface area contributed by atoms with Gasteiger partial charge in [-0.15, -0.1) is 0 Å². The van der Waals surface area contributed by atoms with Crippen molar-refractivity contribution in [3.63, 3.8) is 0 Å². The van der Waals surface area contributed by atoms with Crippen molar-refractivity contribution < 1.29 is 9.13 Å². The van der Waals surface area contributed by atoms with E-state index in [0.29, 0.717) is 12.5 Å². The summed E-state index contributed by atoms with van der Waals surface area (Å²) in [7, 11) is 1.66. The van der Waals surface area contributed by atoms with Gasteiger partial charge < -0.3 is 15.4 Å². The molecular weight excluding hydrogens is 331 g/mol. The maximum Gasteiger partial charge on any atom is 0.224 e. The van der Waals surface area contributed by atoms with Gasteiger partial charge in [-0.25, -0.2) is 9.37 Å². The highest BCUT2D eigenvalue weighted by atomic mass is 19.1. The van der Waals surface area contributed by atoms with Gasteiger partial charge in [-0.2, -0.15) is 4.98 Å². The maximum atomic E-state index is 12.9. The minimum Gasteiger partial charge on any atom is -0.497 e. The van der Waals surface area contributed by atoms with Gasteiger partial charge in [-0.05, 0) is 47.9 Å². The Hall–Kier alpha value is -3.15. The fourth-order valence-electron chi connectivity index (χ4n) is 2.45. The lowest BCUT2D eigenvalue weighted by atomic mass is 10.1. The molecule has 0 radical (unpaired) electrons. The molecule has 0 aliphatic rings. The van der Waals surface area contributed by atoms with Crippen molar-refractivity contribution in [2.45, 2.75) is 13.0 Å². The van der Waals surface area contributed by atoms with Gasteiger partial charge in [0.05, 0.1) is 7.11 Å². The number of aromatic nitrogens is 2. The van der Waals surface area contributed by atoms with Crippen LogP contribution >= 0.6 is 0 Å². The largest absolute Gasteiger partial charge is 0.497 e. The van der Waals surface area contributed by atoms with Gasteiger partial charge in [-0.1, -0.05) is 24.3 Å². The highest BCUT2D eigenvalue weighted by Gasteiger charge is 2.01. The number of hydrogen-bond acceptors (Lipinski definition) is 5. The van der Waals surface area contributed by atoms with Crippen molar-refractivity contribution in [3.8, 4) is 5.75 Å². The van der Waals surface area contributed by atoms with E-state index in [-0.39, 0.29) is 5.82 Å². The number of nitrogens with one attached hydrogen (secondary N) is 2. The molecule has 0 spiro atoms. The molecule has 6 heteroatoms. The lowest BCUT2D eigenvalue weighted by Gasteiger charge is -2.09. The second-order valence-corrected chi connectivity index (χ2v) is 5.77. The Bertz CT molecular complexity index is 822. The first-order valence-corrected chi connectivity index (χ1v) is 8.41. The normalized spacial score (nSPS) is 10.4. The van der Waals surface area contributed by atoms with Crippen molar-refractivity contribution in [2.24, 2.45) is 0 Å². The van der Waals surface area contributed by atoms with Crippen LogP contribution in [0.3, 0.4) is 0 Å². The number of nitrogens with zero attached hydrogens (tertiary/aromatic N) is 2. The molecule has 2 N–H and O–H groups in total. The molecule has 0 aliphatic carbocycles. The molecular formula is C20H21FN4O. The molecule has 0 bridgehead atoms. The zero-order valence-corrected chi connectivity index (χ0v) is 14.6. The molecule has 134 valence electrons. The van der Waals surface area contributed by atoms with Crippen LogP contribution in [0.25, 0.3) is 0 Å². The number of anilines is 2. The Balaban J connectivity index is 1.49. The predicted molar refractivity (Wildman–Crippen MR) is 101 cm³/mol. The highest BCUT2D eigenvalue weighted by Crippen LogP contribution is 2.12. The minimum absolute atomic E-state index is 0.243. The quantitative estimate of drug-likeness (QED) is 0.644. The van der Waals surface area contributed by atoms with Gasteiger partial charge in [0.25, 0.3) is 0 Å². The van der Waals surface area contributed by atoms with E-state index >= 15 is 0 Å². The molecule has 1 heterocycles. The number of benzene rings is 2. The Morgan fingerprint density at radius 3 is 2.38 bits per heavy atom. The van der Waals surface area contributed by atoms with Crippen molar-refractivity contribution in [3.05, 3.63) is 77.7 Å². The molecule has 0 unspecified atom stereocenters. The number of halogens is 1. The van der Waals surface area contributed by atoms with Crippen LogP contribution in [0.15, 0.2) is 60.8 Å². The molecule has 5 nitrogen and oxygen atoms in total. The summed E-state index contributed by atoms with van der Waals surface area (Å²) < 4.78 is 18.1. The van der Waals surface area contributed by atoms with Gasteiger partial charge in [-0.3, -0.25) is 0 Å². The smallest absolute Gasteiger partial charge is 0.224 e. The molecule has 0 saturated heterocycles. The van der Waals surface area contributed by atoms with E-state index in [0.717, 1.165) is 30.1 Å². The van der Waals surface area contributed by atoms with Crippen LogP contribution in [0.2, 0.25) is 0 Å². The number of ether oxygens (including phenoxy) is 1. The third kappa shape index (κ3) is 5.17. The minimum atomic E-state index is -0.243. The Morgan fingerprint density at radius 1 is 0.923 bits per heavy atom. The SMILES string of the molecule is COc1ccc(CCNc2ccnc(NCc3ccc(F)cc3)n2)cc1. The molecule has 1 aromatic heterocycles. The van der Waals surface area contributed by atoms with Crippen molar-refractivity contribution in [1.29, 1.82) is 0 Å². The summed E-state index contributed by atoms with van der Waals surface area (Å²) in [6.45, 7) is 1.30. The van der Waals surface area contributed by atoms with Gasteiger partial charge >= 0.3 is 0 Å². The fourth-order valence-corrected chi connectivity index (χ4v) is 2.45. The molecule has 0 atom stereocenters. The van der Waals surface area contributed by atoms with Gasteiger partial charge in [0.15, 0.2) is 0 Å². The van der Waals surface area contributed by atoms with Crippen LogP contribution in [0, 0.1) is 5.82 Å². The first-order chi connectivity index (χ1) is 12.7. The Kier molecular flexibility index (Phi) is 5.98. The van der Waals surface area contributed by atoms with Crippen molar-refractivity contribution in [2.75, 3.05) is 24.3 Å². The summed E-state index contributed by atoms with van der Waals surface area (Å²) in [5.74, 6) is 1.90. The monoisotopic (exact) mass is 352 g/mol. The molecule has 26 heavy (non-hydrogen) atoms. The van der Waals surface area contributed by atoms with E-state index in [1.54, 1.807) is 25.4 Å². The molecule has 0 aliphatic heterocycles. The fraction of sp³-hybridized carbons (Fsp3) is 0.200. The average Bonchev–Trinajstić information content (AvgIpc) is 2.68. The maximum absolute atomic E-state index is 12.9. The van der Waals surface area contributed by atoms with Crippen LogP contribution < -0.4 is 15.4 Å². The number of rotatable bonds is 8. The van der Waals surface area contributed by atoms with Crippen LogP contribution in [0.4, 0.5) is 16.2 Å². The van der Waals surface area contributed by atoms with E-state index in [9.17, 15) is 4.39 Å². The third-order valence-corrected chi connectivity index (χ3v) is 3.90. The summed E-state index contributed by atoms with van der Waals surface area (Å²) in [5, 5.41) is 6.44. The van der Waals surface area contributed by atoms with Crippen LogP contribution in [0.5, 0.6) is 5.75 Å². The first kappa shape index (κ1) is 17.7. The predicted octanol–water partition coefficient (Wildman–Crippen LogP) is 3.89. The summed E-state index contributed by atoms with van der Waals surface area (Å²) >= 11 is 0. The van der Waals surface area contributed by atoms with E-state index < -0.39 is 0 Å². The lowest BCUT2D eigenvalue weighted by molar-refractivity contribution is 0.414. The zero-order chi connectivity index (χ0) is 18.2. The van der Waals surface area contributed by atoms with Crippen molar-refractivity contribution in [1.82, 2.24) is 9.97 Å². The molecule has 0 amide bonds. The molecule has 2 aromatic carbocycles. The highest BCUT2D eigenvalue weighted by molar-refractivity contribution is 5.40. The third-order valence-electron chi connectivity index (χ3n) is 3.90. The van der Waals surface area contributed by atoms with E-state index in [4.69, 9.17) is 4.74 Å². The summed E-state index contributed by atoms with van der Waals surface area (Å²) in [4.78, 5) is 8.64. The van der Waals surface area contributed by atoms with Crippen LogP contribution in [-0.2, 0) is 13.0 Å².